The Morgan fingerprint density at radius 3 is 2.45 bits per heavy atom. The molecular formula is C13H18BrNO4S. The summed E-state index contributed by atoms with van der Waals surface area (Å²) in [5.41, 5.74) is -0.00364. The van der Waals surface area contributed by atoms with E-state index in [0.717, 1.165) is 5.56 Å². The molecule has 0 unspecified atom stereocenters. The van der Waals surface area contributed by atoms with Crippen molar-refractivity contribution in [3.05, 3.63) is 28.2 Å². The average molecular weight is 364 g/mol. The van der Waals surface area contributed by atoms with Gasteiger partial charge in [-0.3, -0.25) is 4.79 Å². The number of halogens is 1. The Morgan fingerprint density at radius 1 is 1.35 bits per heavy atom. The van der Waals surface area contributed by atoms with Gasteiger partial charge in [0.1, 0.15) is 0 Å². The van der Waals surface area contributed by atoms with Crippen LogP contribution in [0.3, 0.4) is 0 Å². The van der Waals surface area contributed by atoms with Crippen molar-refractivity contribution in [2.24, 2.45) is 0 Å². The summed E-state index contributed by atoms with van der Waals surface area (Å²) in [5, 5.41) is 8.68. The van der Waals surface area contributed by atoms with E-state index in [1.54, 1.807) is 26.8 Å². The van der Waals surface area contributed by atoms with Crippen LogP contribution in [0.5, 0.6) is 0 Å². The van der Waals surface area contributed by atoms with Gasteiger partial charge in [-0.1, -0.05) is 15.9 Å². The predicted molar refractivity (Wildman–Crippen MR) is 80.1 cm³/mol. The standard InChI is InChI=1S/C13H18BrNO4S/c1-9-6-10(14)8-11(7-9)20(18,19)15-13(2,3)5-4-12(16)17/h6-8,15H,4-5H2,1-3H3,(H,16,17). The molecule has 0 aliphatic heterocycles. The van der Waals surface area contributed by atoms with Crippen LogP contribution in [0.4, 0.5) is 0 Å². The number of hydrogen-bond acceptors (Lipinski definition) is 3. The minimum absolute atomic E-state index is 0.0902. The predicted octanol–water partition coefficient (Wildman–Crippen LogP) is 2.68. The van der Waals surface area contributed by atoms with Gasteiger partial charge in [-0.05, 0) is 51.0 Å². The van der Waals surface area contributed by atoms with Gasteiger partial charge in [0, 0.05) is 16.4 Å². The molecule has 0 radical (unpaired) electrons. The van der Waals surface area contributed by atoms with Gasteiger partial charge in [0.15, 0.2) is 0 Å². The van der Waals surface area contributed by atoms with Crippen molar-refractivity contribution in [2.75, 3.05) is 0 Å². The molecular weight excluding hydrogens is 346 g/mol. The topological polar surface area (TPSA) is 83.5 Å². The van der Waals surface area contributed by atoms with Crippen molar-refractivity contribution < 1.29 is 18.3 Å². The SMILES string of the molecule is Cc1cc(Br)cc(S(=O)(=O)NC(C)(C)CCC(=O)O)c1. The van der Waals surface area contributed by atoms with Gasteiger partial charge in [0.25, 0.3) is 0 Å². The highest BCUT2D eigenvalue weighted by Gasteiger charge is 2.27. The maximum Gasteiger partial charge on any atom is 0.303 e. The molecule has 7 heteroatoms. The number of carboxylic acid groups (broad SMARTS) is 1. The second kappa shape index (κ2) is 6.24. The second-order valence-corrected chi connectivity index (χ2v) is 7.95. The summed E-state index contributed by atoms with van der Waals surface area (Å²) < 4.78 is 27.9. The number of sulfonamides is 1. The largest absolute Gasteiger partial charge is 0.481 e. The van der Waals surface area contributed by atoms with Gasteiger partial charge >= 0.3 is 5.97 Å². The number of benzene rings is 1. The molecule has 1 aromatic rings. The smallest absolute Gasteiger partial charge is 0.303 e. The first-order valence-electron chi connectivity index (χ1n) is 6.05. The van der Waals surface area contributed by atoms with Crippen LogP contribution >= 0.6 is 15.9 Å². The Kier molecular flexibility index (Phi) is 5.34. The minimum Gasteiger partial charge on any atom is -0.481 e. The van der Waals surface area contributed by atoms with Crippen LogP contribution in [0.1, 0.15) is 32.3 Å². The molecule has 0 aromatic heterocycles. The molecule has 5 nitrogen and oxygen atoms in total. The summed E-state index contributed by atoms with van der Waals surface area (Å²) in [7, 11) is -3.68. The van der Waals surface area contributed by atoms with Crippen LogP contribution in [0.25, 0.3) is 0 Å². The fourth-order valence-corrected chi connectivity index (χ4v) is 4.08. The Balaban J connectivity index is 2.96. The molecule has 0 saturated carbocycles. The lowest BCUT2D eigenvalue weighted by Gasteiger charge is -2.25. The van der Waals surface area contributed by atoms with Crippen molar-refractivity contribution in [2.45, 2.75) is 44.0 Å². The third-order valence-corrected chi connectivity index (χ3v) is 4.84. The molecule has 20 heavy (non-hydrogen) atoms. The lowest BCUT2D eigenvalue weighted by Crippen LogP contribution is -2.43. The van der Waals surface area contributed by atoms with Crippen LogP contribution in [0.2, 0.25) is 0 Å². The minimum atomic E-state index is -3.68. The summed E-state index contributed by atoms with van der Waals surface area (Å²) in [6.07, 6.45) is 0.127. The number of aliphatic carboxylic acids is 1. The number of aryl methyl sites for hydroxylation is 1. The molecule has 0 saturated heterocycles. The molecule has 0 bridgehead atoms. The first-order valence-corrected chi connectivity index (χ1v) is 8.32. The summed E-state index contributed by atoms with van der Waals surface area (Å²) in [6.45, 7) is 5.13. The van der Waals surface area contributed by atoms with Gasteiger partial charge in [-0.15, -0.1) is 0 Å². The van der Waals surface area contributed by atoms with Crippen LogP contribution in [0, 0.1) is 6.92 Å². The Labute approximate surface area is 127 Å². The van der Waals surface area contributed by atoms with Crippen LogP contribution in [0.15, 0.2) is 27.6 Å². The molecule has 0 heterocycles. The number of hydrogen-bond donors (Lipinski definition) is 2. The molecule has 0 atom stereocenters. The van der Waals surface area contributed by atoms with Gasteiger partial charge in [-0.25, -0.2) is 13.1 Å². The zero-order valence-corrected chi connectivity index (χ0v) is 14.0. The molecule has 0 aliphatic rings. The van der Waals surface area contributed by atoms with E-state index in [2.05, 4.69) is 20.7 Å². The van der Waals surface area contributed by atoms with Crippen LogP contribution in [-0.4, -0.2) is 25.0 Å². The van der Waals surface area contributed by atoms with Crippen molar-refractivity contribution in [3.63, 3.8) is 0 Å². The zero-order valence-electron chi connectivity index (χ0n) is 11.6. The van der Waals surface area contributed by atoms with E-state index < -0.39 is 21.5 Å². The number of rotatable bonds is 6. The summed E-state index contributed by atoms with van der Waals surface area (Å²) in [5.74, 6) is -0.949. The van der Waals surface area contributed by atoms with Crippen molar-refractivity contribution >= 4 is 31.9 Å². The highest BCUT2D eigenvalue weighted by atomic mass is 79.9. The molecule has 1 rings (SSSR count). The number of carboxylic acids is 1. The van der Waals surface area contributed by atoms with Crippen molar-refractivity contribution in [1.29, 1.82) is 0 Å². The highest BCUT2D eigenvalue weighted by Crippen LogP contribution is 2.21. The first-order chi connectivity index (χ1) is 9.02. The maximum atomic E-state index is 12.3. The normalized spacial score (nSPS) is 12.4. The van der Waals surface area contributed by atoms with E-state index in [-0.39, 0.29) is 17.7 Å². The third-order valence-electron chi connectivity index (χ3n) is 2.70. The van der Waals surface area contributed by atoms with Crippen molar-refractivity contribution in [3.8, 4) is 0 Å². The number of nitrogens with one attached hydrogen (secondary N) is 1. The Hall–Kier alpha value is -0.920. The molecule has 2 N–H and O–H groups in total. The molecule has 0 amide bonds. The summed E-state index contributed by atoms with van der Waals surface area (Å²) in [6, 6.07) is 4.90. The first kappa shape index (κ1) is 17.1. The molecule has 0 aliphatic carbocycles. The zero-order chi connectivity index (χ0) is 15.6. The highest BCUT2D eigenvalue weighted by molar-refractivity contribution is 9.10. The molecule has 1 aromatic carbocycles. The molecule has 0 fully saturated rings. The second-order valence-electron chi connectivity index (χ2n) is 5.35. The van der Waals surface area contributed by atoms with Gasteiger partial charge in [0.05, 0.1) is 4.90 Å². The maximum absolute atomic E-state index is 12.3. The fraction of sp³-hybridized carbons (Fsp3) is 0.462. The Morgan fingerprint density at radius 2 is 1.95 bits per heavy atom. The van der Waals surface area contributed by atoms with Crippen molar-refractivity contribution in [1.82, 2.24) is 4.72 Å². The van der Waals surface area contributed by atoms with Gasteiger partial charge in [-0.2, -0.15) is 0 Å². The van der Waals surface area contributed by atoms with E-state index in [1.165, 1.54) is 6.07 Å². The van der Waals surface area contributed by atoms with Crippen LogP contribution in [-0.2, 0) is 14.8 Å². The van der Waals surface area contributed by atoms with E-state index in [9.17, 15) is 13.2 Å². The van der Waals surface area contributed by atoms with E-state index in [1.807, 2.05) is 6.07 Å². The number of carbonyl (C=O) groups is 1. The third kappa shape index (κ3) is 5.22. The molecule has 0 spiro atoms. The average Bonchev–Trinajstić information content (AvgIpc) is 2.24. The quantitative estimate of drug-likeness (QED) is 0.813. The van der Waals surface area contributed by atoms with Gasteiger partial charge in [0.2, 0.25) is 10.0 Å². The summed E-state index contributed by atoms with van der Waals surface area (Å²) in [4.78, 5) is 10.7. The van der Waals surface area contributed by atoms with E-state index >= 15 is 0 Å². The van der Waals surface area contributed by atoms with Crippen LogP contribution < -0.4 is 4.72 Å². The molecule has 112 valence electrons. The summed E-state index contributed by atoms with van der Waals surface area (Å²) >= 11 is 3.26. The lowest BCUT2D eigenvalue weighted by atomic mass is 10.0. The monoisotopic (exact) mass is 363 g/mol. The fourth-order valence-electron chi connectivity index (χ4n) is 1.75. The lowest BCUT2D eigenvalue weighted by molar-refractivity contribution is -0.137. The van der Waals surface area contributed by atoms with E-state index in [0.29, 0.717) is 4.47 Å². The van der Waals surface area contributed by atoms with Gasteiger partial charge < -0.3 is 5.11 Å². The Bertz CT molecular complexity index is 591. The van der Waals surface area contributed by atoms with E-state index in [4.69, 9.17) is 5.11 Å².